The Hall–Kier alpha value is -0.300. The van der Waals surface area contributed by atoms with E-state index in [4.69, 9.17) is 5.73 Å². The molecule has 1 nitrogen and oxygen atoms in total. The van der Waals surface area contributed by atoms with Gasteiger partial charge in [0.15, 0.2) is 0 Å². The van der Waals surface area contributed by atoms with Gasteiger partial charge in [0.1, 0.15) is 0 Å². The Bertz CT molecular complexity index is 55.2. The quantitative estimate of drug-likeness (QED) is 0.519. The third-order valence-corrected chi connectivity index (χ3v) is 0.744. The van der Waals surface area contributed by atoms with Crippen molar-refractivity contribution in [3.05, 3.63) is 12.2 Å². The number of rotatable bonds is 2. The summed E-state index contributed by atoms with van der Waals surface area (Å²) < 4.78 is 0. The van der Waals surface area contributed by atoms with Gasteiger partial charge in [-0.25, -0.2) is 0 Å². The van der Waals surface area contributed by atoms with Gasteiger partial charge in [0.05, 0.1) is 0 Å². The summed E-state index contributed by atoms with van der Waals surface area (Å²) >= 11 is 0. The topological polar surface area (TPSA) is 26.0 Å². The van der Waals surface area contributed by atoms with E-state index in [2.05, 4.69) is 6.08 Å². The van der Waals surface area contributed by atoms with Gasteiger partial charge in [-0.2, -0.15) is 0 Å². The molecule has 1 atom stereocenters. The van der Waals surface area contributed by atoms with Crippen molar-refractivity contribution in [2.45, 2.75) is 26.3 Å². The number of nitrogens with two attached hydrogens (primary N) is 1. The molecule has 2 N–H and O–H groups in total. The minimum absolute atomic E-state index is 0.316. The van der Waals surface area contributed by atoms with Gasteiger partial charge in [0.2, 0.25) is 0 Å². The standard InChI is InChI=1S/C6H13N/c1-3-4-5-6(2)7/h3-4,6H,5,7H2,1-2H3/b4-3+. The van der Waals surface area contributed by atoms with Crippen molar-refractivity contribution in [1.82, 2.24) is 0 Å². The van der Waals surface area contributed by atoms with E-state index in [1.165, 1.54) is 0 Å². The van der Waals surface area contributed by atoms with E-state index in [-0.39, 0.29) is 0 Å². The highest BCUT2D eigenvalue weighted by Gasteiger charge is 1.83. The molecule has 0 rings (SSSR count). The monoisotopic (exact) mass is 99.1 g/mol. The molecule has 0 aliphatic rings. The normalized spacial score (nSPS) is 15.3. The zero-order valence-electron chi connectivity index (χ0n) is 5.02. The van der Waals surface area contributed by atoms with Gasteiger partial charge in [-0.3, -0.25) is 0 Å². The van der Waals surface area contributed by atoms with Crippen LogP contribution in [0.4, 0.5) is 0 Å². The number of hydrogen-bond acceptors (Lipinski definition) is 1. The van der Waals surface area contributed by atoms with Gasteiger partial charge < -0.3 is 5.73 Å². The Morgan fingerprint density at radius 2 is 2.29 bits per heavy atom. The van der Waals surface area contributed by atoms with Gasteiger partial charge in [-0.15, -0.1) is 0 Å². The maximum atomic E-state index is 5.43. The highest BCUT2D eigenvalue weighted by molar-refractivity contribution is 4.79. The second-order valence-electron chi connectivity index (χ2n) is 1.78. The summed E-state index contributed by atoms with van der Waals surface area (Å²) in [5.41, 5.74) is 5.43. The average Bonchev–Trinajstić information content (AvgIpc) is 1.61. The van der Waals surface area contributed by atoms with E-state index >= 15 is 0 Å². The van der Waals surface area contributed by atoms with E-state index in [9.17, 15) is 0 Å². The Balaban J connectivity index is 2.97. The molecule has 0 bridgehead atoms. The Kier molecular flexibility index (Phi) is 3.71. The fourth-order valence-corrected chi connectivity index (χ4v) is 0.351. The van der Waals surface area contributed by atoms with Crippen molar-refractivity contribution in [1.29, 1.82) is 0 Å². The predicted octanol–water partition coefficient (Wildman–Crippen LogP) is 1.30. The molecule has 0 aliphatic carbocycles. The number of allylic oxidation sites excluding steroid dienone is 1. The van der Waals surface area contributed by atoms with Gasteiger partial charge >= 0.3 is 0 Å². The molecule has 0 saturated heterocycles. The van der Waals surface area contributed by atoms with Crippen LogP contribution in [0.15, 0.2) is 12.2 Å². The highest BCUT2D eigenvalue weighted by atomic mass is 14.6. The van der Waals surface area contributed by atoms with Crippen molar-refractivity contribution in [2.24, 2.45) is 5.73 Å². The molecule has 0 heterocycles. The van der Waals surface area contributed by atoms with Gasteiger partial charge in [0, 0.05) is 6.04 Å². The second kappa shape index (κ2) is 3.88. The smallest absolute Gasteiger partial charge is 0.00449 e. The molecule has 0 spiro atoms. The maximum Gasteiger partial charge on any atom is 0.00449 e. The molecule has 7 heavy (non-hydrogen) atoms. The van der Waals surface area contributed by atoms with Gasteiger partial charge in [0.25, 0.3) is 0 Å². The second-order valence-corrected chi connectivity index (χ2v) is 1.78. The van der Waals surface area contributed by atoms with Crippen LogP contribution in [0.1, 0.15) is 20.3 Å². The molecule has 0 saturated carbocycles. The maximum absolute atomic E-state index is 5.43. The minimum Gasteiger partial charge on any atom is -0.328 e. The summed E-state index contributed by atoms with van der Waals surface area (Å²) in [7, 11) is 0. The summed E-state index contributed by atoms with van der Waals surface area (Å²) in [6.07, 6.45) is 5.09. The van der Waals surface area contributed by atoms with Crippen LogP contribution in [0.2, 0.25) is 0 Å². The van der Waals surface area contributed by atoms with Gasteiger partial charge in [-0.05, 0) is 20.3 Å². The summed E-state index contributed by atoms with van der Waals surface area (Å²) in [6, 6.07) is 0.316. The largest absolute Gasteiger partial charge is 0.328 e. The van der Waals surface area contributed by atoms with E-state index < -0.39 is 0 Å². The molecule has 1 unspecified atom stereocenters. The summed E-state index contributed by atoms with van der Waals surface area (Å²) in [4.78, 5) is 0. The van der Waals surface area contributed by atoms with Crippen LogP contribution in [0.3, 0.4) is 0 Å². The molecule has 0 amide bonds. The van der Waals surface area contributed by atoms with Crippen LogP contribution in [0.25, 0.3) is 0 Å². The summed E-state index contributed by atoms with van der Waals surface area (Å²) in [5, 5.41) is 0. The highest BCUT2D eigenvalue weighted by Crippen LogP contribution is 1.85. The number of hydrogen-bond donors (Lipinski definition) is 1. The minimum atomic E-state index is 0.316. The Morgan fingerprint density at radius 1 is 1.71 bits per heavy atom. The van der Waals surface area contributed by atoms with Crippen molar-refractivity contribution in [3.8, 4) is 0 Å². The van der Waals surface area contributed by atoms with Crippen LogP contribution in [-0.2, 0) is 0 Å². The lowest BCUT2D eigenvalue weighted by atomic mass is 10.2. The predicted molar refractivity (Wildman–Crippen MR) is 33.1 cm³/mol. The summed E-state index contributed by atoms with van der Waals surface area (Å²) in [6.45, 7) is 4.00. The third kappa shape index (κ3) is 5.70. The van der Waals surface area contributed by atoms with Crippen LogP contribution < -0.4 is 5.73 Å². The van der Waals surface area contributed by atoms with E-state index in [0.717, 1.165) is 6.42 Å². The van der Waals surface area contributed by atoms with Crippen LogP contribution in [-0.4, -0.2) is 6.04 Å². The molecule has 42 valence electrons. The van der Waals surface area contributed by atoms with Crippen LogP contribution in [0.5, 0.6) is 0 Å². The molecule has 0 fully saturated rings. The van der Waals surface area contributed by atoms with Crippen molar-refractivity contribution in [3.63, 3.8) is 0 Å². The first-order valence-electron chi connectivity index (χ1n) is 2.64. The van der Waals surface area contributed by atoms with Crippen LogP contribution >= 0.6 is 0 Å². The van der Waals surface area contributed by atoms with Crippen molar-refractivity contribution < 1.29 is 0 Å². The van der Waals surface area contributed by atoms with E-state index in [0.29, 0.717) is 6.04 Å². The molecule has 0 aromatic carbocycles. The lowest BCUT2D eigenvalue weighted by Crippen LogP contribution is -2.12. The van der Waals surface area contributed by atoms with E-state index in [1.54, 1.807) is 0 Å². The zero-order valence-corrected chi connectivity index (χ0v) is 5.02. The zero-order chi connectivity index (χ0) is 5.70. The molecular formula is C6H13N. The lowest BCUT2D eigenvalue weighted by Gasteiger charge is -1.94. The van der Waals surface area contributed by atoms with E-state index in [1.807, 2.05) is 19.9 Å². The fraction of sp³-hybridized carbons (Fsp3) is 0.667. The Labute approximate surface area is 45.2 Å². The molecular weight excluding hydrogens is 86.1 g/mol. The third-order valence-electron chi connectivity index (χ3n) is 0.744. The molecule has 0 aromatic rings. The molecule has 0 aliphatic heterocycles. The SMILES string of the molecule is C/C=C/CC(C)N. The van der Waals surface area contributed by atoms with Crippen LogP contribution in [0, 0.1) is 0 Å². The summed E-state index contributed by atoms with van der Waals surface area (Å²) in [5.74, 6) is 0. The first-order chi connectivity index (χ1) is 3.27. The fourth-order valence-electron chi connectivity index (χ4n) is 0.351. The first kappa shape index (κ1) is 6.70. The van der Waals surface area contributed by atoms with Crippen molar-refractivity contribution in [2.75, 3.05) is 0 Å². The Morgan fingerprint density at radius 3 is 2.43 bits per heavy atom. The molecule has 0 radical (unpaired) electrons. The average molecular weight is 99.2 g/mol. The molecule has 0 aromatic heterocycles. The van der Waals surface area contributed by atoms with Crippen molar-refractivity contribution >= 4 is 0 Å². The van der Waals surface area contributed by atoms with Gasteiger partial charge in [-0.1, -0.05) is 12.2 Å². The first-order valence-corrected chi connectivity index (χ1v) is 2.64. The molecule has 1 heteroatoms. The lowest BCUT2D eigenvalue weighted by molar-refractivity contribution is 0.756.